The van der Waals surface area contributed by atoms with Crippen LogP contribution in [0.2, 0.25) is 0 Å². The van der Waals surface area contributed by atoms with E-state index >= 15 is 0 Å². The van der Waals surface area contributed by atoms with Crippen LogP contribution in [0.25, 0.3) is 0 Å². The lowest BCUT2D eigenvalue weighted by molar-refractivity contribution is -0.123. The van der Waals surface area contributed by atoms with Crippen LogP contribution in [-0.2, 0) is 16.9 Å². The molecular formula is C11H20N4O2. The van der Waals surface area contributed by atoms with E-state index in [2.05, 4.69) is 15.6 Å². The van der Waals surface area contributed by atoms with Crippen LogP contribution in [0.4, 0.5) is 0 Å². The van der Waals surface area contributed by atoms with Gasteiger partial charge in [0, 0.05) is 5.54 Å². The zero-order chi connectivity index (χ0) is 13.3. The van der Waals surface area contributed by atoms with Crippen LogP contribution in [-0.4, -0.2) is 31.5 Å². The predicted octanol–water partition coefficient (Wildman–Crippen LogP) is 0.420. The number of rotatable bonds is 3. The van der Waals surface area contributed by atoms with E-state index in [1.807, 2.05) is 20.8 Å². The van der Waals surface area contributed by atoms with Crippen LogP contribution < -0.4 is 5.32 Å². The van der Waals surface area contributed by atoms with Crippen molar-refractivity contribution < 1.29 is 9.90 Å². The van der Waals surface area contributed by atoms with Crippen molar-refractivity contribution in [2.24, 2.45) is 0 Å². The number of aliphatic hydroxyl groups is 1. The average Bonchev–Trinajstić information content (AvgIpc) is 2.47. The van der Waals surface area contributed by atoms with E-state index in [4.69, 9.17) is 0 Å². The number of nitrogens with one attached hydrogen (secondary N) is 1. The van der Waals surface area contributed by atoms with E-state index in [0.717, 1.165) is 0 Å². The van der Waals surface area contributed by atoms with Gasteiger partial charge in [-0.2, -0.15) is 0 Å². The summed E-state index contributed by atoms with van der Waals surface area (Å²) in [6.45, 7) is 9.07. The van der Waals surface area contributed by atoms with Crippen molar-refractivity contribution in [1.82, 2.24) is 20.3 Å². The smallest absolute Gasteiger partial charge is 0.242 e. The summed E-state index contributed by atoms with van der Waals surface area (Å²) >= 11 is 0. The van der Waals surface area contributed by atoms with Crippen molar-refractivity contribution in [2.45, 2.75) is 52.3 Å². The Bertz CT molecular complexity index is 398. The first-order chi connectivity index (χ1) is 7.58. The minimum Gasteiger partial charge on any atom is -0.384 e. The Labute approximate surface area is 101 Å². The molecule has 1 aromatic heterocycles. The highest BCUT2D eigenvalue weighted by molar-refractivity contribution is 5.76. The van der Waals surface area contributed by atoms with Gasteiger partial charge in [0.05, 0.1) is 6.20 Å². The number of nitrogens with zero attached hydrogens (tertiary/aromatic N) is 3. The Balaban J connectivity index is 2.65. The first-order valence-corrected chi connectivity index (χ1v) is 5.52. The molecule has 0 aliphatic rings. The number of aromatic nitrogens is 3. The largest absolute Gasteiger partial charge is 0.384 e. The van der Waals surface area contributed by atoms with Crippen molar-refractivity contribution in [3.63, 3.8) is 0 Å². The van der Waals surface area contributed by atoms with Gasteiger partial charge in [-0.3, -0.25) is 4.79 Å². The molecule has 0 aliphatic heterocycles. The Hall–Kier alpha value is -1.43. The molecule has 0 bridgehead atoms. The topological polar surface area (TPSA) is 80.0 Å². The highest BCUT2D eigenvalue weighted by Gasteiger charge is 2.21. The molecule has 0 unspecified atom stereocenters. The lowest BCUT2D eigenvalue weighted by atomic mass is 10.1. The monoisotopic (exact) mass is 240 g/mol. The molecule has 1 amide bonds. The minimum absolute atomic E-state index is 0.0976. The number of hydrogen-bond acceptors (Lipinski definition) is 4. The number of carbonyl (C=O) groups excluding carboxylic acids is 1. The van der Waals surface area contributed by atoms with Crippen molar-refractivity contribution in [1.29, 1.82) is 0 Å². The van der Waals surface area contributed by atoms with Gasteiger partial charge in [0.1, 0.15) is 17.8 Å². The van der Waals surface area contributed by atoms with Crippen LogP contribution >= 0.6 is 0 Å². The summed E-state index contributed by atoms with van der Waals surface area (Å²) in [5.41, 5.74) is -0.865. The highest BCUT2D eigenvalue weighted by Crippen LogP contribution is 2.15. The summed E-state index contributed by atoms with van der Waals surface area (Å²) in [6.07, 6.45) is 1.57. The first kappa shape index (κ1) is 13.6. The number of carbonyl (C=O) groups is 1. The van der Waals surface area contributed by atoms with E-state index in [9.17, 15) is 9.90 Å². The van der Waals surface area contributed by atoms with Gasteiger partial charge in [-0.05, 0) is 34.6 Å². The molecular weight excluding hydrogens is 220 g/mol. The van der Waals surface area contributed by atoms with E-state index in [1.54, 1.807) is 20.0 Å². The molecule has 1 rings (SSSR count). The molecule has 6 nitrogen and oxygen atoms in total. The Morgan fingerprint density at radius 1 is 1.41 bits per heavy atom. The molecule has 0 aliphatic carbocycles. The van der Waals surface area contributed by atoms with Crippen molar-refractivity contribution in [3.8, 4) is 0 Å². The van der Waals surface area contributed by atoms with Crippen LogP contribution in [0.15, 0.2) is 6.20 Å². The molecule has 1 aromatic rings. The average molecular weight is 240 g/mol. The molecule has 0 radical (unpaired) electrons. The zero-order valence-electron chi connectivity index (χ0n) is 11.0. The van der Waals surface area contributed by atoms with E-state index in [-0.39, 0.29) is 18.0 Å². The third-order valence-corrected chi connectivity index (χ3v) is 1.99. The fourth-order valence-electron chi connectivity index (χ4n) is 1.26. The number of amides is 1. The summed E-state index contributed by atoms with van der Waals surface area (Å²) < 4.78 is 1.41. The summed E-state index contributed by atoms with van der Waals surface area (Å²) in [6, 6.07) is 0. The SMILES string of the molecule is CC(C)(C)NC(=O)Cn1cc(C(C)(C)O)nn1. The van der Waals surface area contributed by atoms with E-state index in [1.165, 1.54) is 4.68 Å². The summed E-state index contributed by atoms with van der Waals surface area (Å²) in [5.74, 6) is -0.135. The Morgan fingerprint density at radius 3 is 2.41 bits per heavy atom. The lowest BCUT2D eigenvalue weighted by Crippen LogP contribution is -2.42. The van der Waals surface area contributed by atoms with Gasteiger partial charge in [-0.15, -0.1) is 5.10 Å². The second-order valence-corrected chi connectivity index (χ2v) is 5.66. The van der Waals surface area contributed by atoms with E-state index < -0.39 is 5.60 Å². The molecule has 0 saturated carbocycles. The maximum atomic E-state index is 11.6. The maximum Gasteiger partial charge on any atom is 0.242 e. The highest BCUT2D eigenvalue weighted by atomic mass is 16.3. The quantitative estimate of drug-likeness (QED) is 0.802. The Kier molecular flexibility index (Phi) is 3.56. The minimum atomic E-state index is -1.04. The molecule has 6 heteroatoms. The van der Waals surface area contributed by atoms with Crippen LogP contribution in [0.5, 0.6) is 0 Å². The van der Waals surface area contributed by atoms with Gasteiger partial charge in [-0.25, -0.2) is 4.68 Å². The summed E-state index contributed by atoms with van der Waals surface area (Å²) in [5, 5.41) is 20.2. The van der Waals surface area contributed by atoms with Gasteiger partial charge in [0.25, 0.3) is 0 Å². The van der Waals surface area contributed by atoms with Gasteiger partial charge < -0.3 is 10.4 Å². The lowest BCUT2D eigenvalue weighted by Gasteiger charge is -2.20. The molecule has 0 aromatic carbocycles. The normalized spacial score (nSPS) is 12.6. The fraction of sp³-hybridized carbons (Fsp3) is 0.727. The molecule has 96 valence electrons. The van der Waals surface area contributed by atoms with Crippen molar-refractivity contribution in [3.05, 3.63) is 11.9 Å². The predicted molar refractivity (Wildman–Crippen MR) is 63.2 cm³/mol. The van der Waals surface area contributed by atoms with E-state index in [0.29, 0.717) is 5.69 Å². The third-order valence-electron chi connectivity index (χ3n) is 1.99. The third kappa shape index (κ3) is 4.52. The molecule has 2 N–H and O–H groups in total. The summed E-state index contributed by atoms with van der Waals surface area (Å²) in [4.78, 5) is 11.6. The zero-order valence-corrected chi connectivity index (χ0v) is 11.0. The fourth-order valence-corrected chi connectivity index (χ4v) is 1.26. The molecule has 0 fully saturated rings. The van der Waals surface area contributed by atoms with Crippen LogP contribution in [0.1, 0.15) is 40.3 Å². The summed E-state index contributed by atoms with van der Waals surface area (Å²) in [7, 11) is 0. The van der Waals surface area contributed by atoms with Gasteiger partial charge in [0.15, 0.2) is 0 Å². The van der Waals surface area contributed by atoms with Crippen LogP contribution in [0.3, 0.4) is 0 Å². The van der Waals surface area contributed by atoms with Gasteiger partial charge in [0.2, 0.25) is 5.91 Å². The maximum absolute atomic E-state index is 11.6. The standard InChI is InChI=1S/C11H20N4O2/c1-10(2,3)12-9(16)7-15-6-8(13-14-15)11(4,5)17/h6,17H,7H2,1-5H3,(H,12,16). The molecule has 1 heterocycles. The van der Waals surface area contributed by atoms with Crippen LogP contribution in [0, 0.1) is 0 Å². The second kappa shape index (κ2) is 4.44. The van der Waals surface area contributed by atoms with Crippen molar-refractivity contribution in [2.75, 3.05) is 0 Å². The molecule has 0 spiro atoms. The van der Waals surface area contributed by atoms with Gasteiger partial charge >= 0.3 is 0 Å². The molecule has 17 heavy (non-hydrogen) atoms. The number of hydrogen-bond donors (Lipinski definition) is 2. The second-order valence-electron chi connectivity index (χ2n) is 5.66. The molecule has 0 atom stereocenters. The first-order valence-electron chi connectivity index (χ1n) is 5.52. The van der Waals surface area contributed by atoms with Crippen molar-refractivity contribution >= 4 is 5.91 Å². The molecule has 0 saturated heterocycles. The Morgan fingerprint density at radius 2 is 2.00 bits per heavy atom. The van der Waals surface area contributed by atoms with Gasteiger partial charge in [-0.1, -0.05) is 5.21 Å².